The highest BCUT2D eigenvalue weighted by Gasteiger charge is 2.40. The summed E-state index contributed by atoms with van der Waals surface area (Å²) >= 11 is 12.0. The van der Waals surface area contributed by atoms with Crippen molar-refractivity contribution in [3.63, 3.8) is 0 Å². The first-order chi connectivity index (χ1) is 13.7. The Morgan fingerprint density at radius 1 is 1.10 bits per heavy atom. The fourth-order valence-electron chi connectivity index (χ4n) is 3.52. The molecular formula is C20H22Cl2N2O4S. The van der Waals surface area contributed by atoms with E-state index in [4.69, 9.17) is 33.7 Å². The SMILES string of the molecule is NC(=O)CC1(COc2ccccc2)CCN(S(=O)(=O)c2ccc(Cl)cc2Cl)CC1. The van der Waals surface area contributed by atoms with Crippen LogP contribution in [0, 0.1) is 5.41 Å². The molecule has 0 radical (unpaired) electrons. The van der Waals surface area contributed by atoms with Crippen LogP contribution in [0.25, 0.3) is 0 Å². The Morgan fingerprint density at radius 3 is 2.34 bits per heavy atom. The number of rotatable bonds is 7. The summed E-state index contributed by atoms with van der Waals surface area (Å²) in [4.78, 5) is 11.7. The molecule has 1 amide bonds. The predicted molar refractivity (Wildman–Crippen MR) is 113 cm³/mol. The number of amides is 1. The van der Waals surface area contributed by atoms with Crippen molar-refractivity contribution >= 4 is 39.1 Å². The summed E-state index contributed by atoms with van der Waals surface area (Å²) in [6.45, 7) is 0.773. The number of halogens is 2. The van der Waals surface area contributed by atoms with Gasteiger partial charge in [0, 0.05) is 29.9 Å². The van der Waals surface area contributed by atoms with E-state index in [1.54, 1.807) is 0 Å². The summed E-state index contributed by atoms with van der Waals surface area (Å²) in [6, 6.07) is 13.6. The van der Waals surface area contributed by atoms with Gasteiger partial charge in [-0.05, 0) is 43.2 Å². The molecule has 0 spiro atoms. The third-order valence-electron chi connectivity index (χ3n) is 5.13. The van der Waals surface area contributed by atoms with Crippen LogP contribution in [0.4, 0.5) is 0 Å². The molecule has 1 saturated heterocycles. The first-order valence-electron chi connectivity index (χ1n) is 9.13. The lowest BCUT2D eigenvalue weighted by Gasteiger charge is -2.40. The monoisotopic (exact) mass is 456 g/mol. The maximum atomic E-state index is 13.0. The Morgan fingerprint density at radius 2 is 1.76 bits per heavy atom. The topological polar surface area (TPSA) is 89.7 Å². The molecule has 1 heterocycles. The number of benzene rings is 2. The molecule has 0 unspecified atom stereocenters. The van der Waals surface area contributed by atoms with Gasteiger partial charge in [-0.1, -0.05) is 41.4 Å². The van der Waals surface area contributed by atoms with Crippen molar-refractivity contribution in [3.8, 4) is 5.75 Å². The molecule has 0 atom stereocenters. The van der Waals surface area contributed by atoms with Crippen LogP contribution in [0.1, 0.15) is 19.3 Å². The zero-order chi connectivity index (χ0) is 21.1. The smallest absolute Gasteiger partial charge is 0.244 e. The number of nitrogens with zero attached hydrogens (tertiary/aromatic N) is 1. The third-order valence-corrected chi connectivity index (χ3v) is 7.75. The van der Waals surface area contributed by atoms with Gasteiger partial charge in [0.25, 0.3) is 0 Å². The fraction of sp³-hybridized carbons (Fsp3) is 0.350. The second-order valence-electron chi connectivity index (χ2n) is 7.22. The number of hydrogen-bond donors (Lipinski definition) is 1. The number of hydrogen-bond acceptors (Lipinski definition) is 4. The minimum absolute atomic E-state index is 0.0199. The molecule has 29 heavy (non-hydrogen) atoms. The maximum Gasteiger partial charge on any atom is 0.244 e. The molecule has 1 fully saturated rings. The van der Waals surface area contributed by atoms with E-state index in [0.29, 0.717) is 23.6 Å². The van der Waals surface area contributed by atoms with Crippen LogP contribution in [0.2, 0.25) is 10.0 Å². The lowest BCUT2D eigenvalue weighted by molar-refractivity contribution is -0.121. The summed E-state index contributed by atoms with van der Waals surface area (Å²) in [5.41, 5.74) is 4.95. The van der Waals surface area contributed by atoms with E-state index < -0.39 is 21.3 Å². The summed E-state index contributed by atoms with van der Waals surface area (Å²) in [6.07, 6.45) is 1.04. The van der Waals surface area contributed by atoms with Crippen LogP contribution >= 0.6 is 23.2 Å². The van der Waals surface area contributed by atoms with Gasteiger partial charge in [0.2, 0.25) is 15.9 Å². The van der Waals surface area contributed by atoms with E-state index in [9.17, 15) is 13.2 Å². The number of para-hydroxylation sites is 1. The summed E-state index contributed by atoms with van der Waals surface area (Å²) in [5, 5.41) is 0.449. The maximum absolute atomic E-state index is 13.0. The van der Waals surface area contributed by atoms with Gasteiger partial charge in [0.05, 0.1) is 11.6 Å². The molecule has 9 heteroatoms. The van der Waals surface area contributed by atoms with E-state index in [1.807, 2.05) is 30.3 Å². The Bertz CT molecular complexity index is 975. The number of carbonyl (C=O) groups excluding carboxylic acids is 1. The molecule has 6 nitrogen and oxygen atoms in total. The minimum atomic E-state index is -3.77. The summed E-state index contributed by atoms with van der Waals surface area (Å²) in [5.74, 6) is 0.262. The van der Waals surface area contributed by atoms with Crippen molar-refractivity contribution in [2.75, 3.05) is 19.7 Å². The Balaban J connectivity index is 1.74. The van der Waals surface area contributed by atoms with Crippen molar-refractivity contribution in [3.05, 3.63) is 58.6 Å². The number of sulfonamides is 1. The second-order valence-corrected chi connectivity index (χ2v) is 9.97. The van der Waals surface area contributed by atoms with Gasteiger partial charge in [-0.3, -0.25) is 4.79 Å². The van der Waals surface area contributed by atoms with Gasteiger partial charge < -0.3 is 10.5 Å². The molecule has 2 N–H and O–H groups in total. The zero-order valence-corrected chi connectivity index (χ0v) is 18.0. The van der Waals surface area contributed by atoms with Crippen LogP contribution in [0.5, 0.6) is 5.75 Å². The third kappa shape index (κ3) is 5.22. The molecular weight excluding hydrogens is 435 g/mol. The Hall–Kier alpha value is -1.80. The van der Waals surface area contributed by atoms with E-state index in [-0.39, 0.29) is 36.0 Å². The van der Waals surface area contributed by atoms with E-state index in [1.165, 1.54) is 22.5 Å². The molecule has 0 aliphatic carbocycles. The number of carbonyl (C=O) groups is 1. The van der Waals surface area contributed by atoms with Crippen molar-refractivity contribution in [1.82, 2.24) is 4.31 Å². The number of piperidine rings is 1. The minimum Gasteiger partial charge on any atom is -0.493 e. The van der Waals surface area contributed by atoms with Crippen molar-refractivity contribution in [2.24, 2.45) is 11.1 Å². The highest BCUT2D eigenvalue weighted by atomic mass is 35.5. The van der Waals surface area contributed by atoms with Crippen LogP contribution in [0.15, 0.2) is 53.4 Å². The standard InChI is InChI=1S/C20H22Cl2N2O4S/c21-15-6-7-18(17(22)12-15)29(26,27)24-10-8-20(9-11-24,13-19(23)25)14-28-16-4-2-1-3-5-16/h1-7,12H,8-11,13-14H2,(H2,23,25). The van der Waals surface area contributed by atoms with E-state index in [2.05, 4.69) is 0 Å². The lowest BCUT2D eigenvalue weighted by Crippen LogP contribution is -2.47. The van der Waals surface area contributed by atoms with Gasteiger partial charge >= 0.3 is 0 Å². The first kappa shape index (κ1) is 21.9. The largest absolute Gasteiger partial charge is 0.493 e. The predicted octanol–water partition coefficient (Wildman–Crippen LogP) is 3.72. The fourth-order valence-corrected chi connectivity index (χ4v) is 5.71. The highest BCUT2D eigenvalue weighted by Crippen LogP contribution is 2.38. The molecule has 156 valence electrons. The Labute approximate surface area is 180 Å². The quantitative estimate of drug-likeness (QED) is 0.687. The molecule has 0 aromatic heterocycles. The first-order valence-corrected chi connectivity index (χ1v) is 11.3. The molecule has 2 aromatic carbocycles. The molecule has 3 rings (SSSR count). The molecule has 1 aliphatic heterocycles. The number of nitrogens with two attached hydrogens (primary N) is 1. The van der Waals surface area contributed by atoms with Crippen LogP contribution in [0.3, 0.4) is 0 Å². The van der Waals surface area contributed by atoms with Gasteiger partial charge in [0.15, 0.2) is 0 Å². The van der Waals surface area contributed by atoms with E-state index >= 15 is 0 Å². The molecule has 2 aromatic rings. The average molecular weight is 457 g/mol. The van der Waals surface area contributed by atoms with E-state index in [0.717, 1.165) is 0 Å². The highest BCUT2D eigenvalue weighted by molar-refractivity contribution is 7.89. The van der Waals surface area contributed by atoms with Crippen molar-refractivity contribution in [1.29, 1.82) is 0 Å². The van der Waals surface area contributed by atoms with Gasteiger partial charge in [-0.2, -0.15) is 4.31 Å². The van der Waals surface area contributed by atoms with Gasteiger partial charge in [-0.25, -0.2) is 8.42 Å². The normalized spacial score (nSPS) is 17.0. The van der Waals surface area contributed by atoms with Crippen LogP contribution in [-0.2, 0) is 14.8 Å². The number of ether oxygens (including phenoxy) is 1. The molecule has 0 bridgehead atoms. The average Bonchev–Trinajstić information content (AvgIpc) is 2.67. The zero-order valence-electron chi connectivity index (χ0n) is 15.7. The van der Waals surface area contributed by atoms with Crippen LogP contribution in [-0.4, -0.2) is 38.3 Å². The Kier molecular flexibility index (Phi) is 6.73. The molecule has 1 aliphatic rings. The van der Waals surface area contributed by atoms with Crippen molar-refractivity contribution < 1.29 is 17.9 Å². The lowest BCUT2D eigenvalue weighted by atomic mass is 9.76. The summed E-state index contributed by atoms with van der Waals surface area (Å²) in [7, 11) is -3.77. The summed E-state index contributed by atoms with van der Waals surface area (Å²) < 4.78 is 33.3. The van der Waals surface area contributed by atoms with Crippen molar-refractivity contribution in [2.45, 2.75) is 24.2 Å². The van der Waals surface area contributed by atoms with Gasteiger partial charge in [-0.15, -0.1) is 0 Å². The van der Waals surface area contributed by atoms with Crippen LogP contribution < -0.4 is 10.5 Å². The molecule has 0 saturated carbocycles. The second kappa shape index (κ2) is 8.92. The van der Waals surface area contributed by atoms with Gasteiger partial charge in [0.1, 0.15) is 10.6 Å². The number of primary amides is 1.